The number of benzene rings is 1. The van der Waals surface area contributed by atoms with Gasteiger partial charge in [-0.05, 0) is 51.7 Å². The first-order chi connectivity index (χ1) is 14.3. The van der Waals surface area contributed by atoms with Crippen LogP contribution in [0.3, 0.4) is 0 Å². The summed E-state index contributed by atoms with van der Waals surface area (Å²) in [6.07, 6.45) is 5.32. The van der Waals surface area contributed by atoms with E-state index in [0.717, 1.165) is 30.6 Å². The van der Waals surface area contributed by atoms with Gasteiger partial charge < -0.3 is 9.47 Å². The molecule has 7 nitrogen and oxygen atoms in total. The van der Waals surface area contributed by atoms with Gasteiger partial charge in [0.15, 0.2) is 0 Å². The van der Waals surface area contributed by atoms with Crippen molar-refractivity contribution < 1.29 is 23.9 Å². The van der Waals surface area contributed by atoms with Gasteiger partial charge in [-0.2, -0.15) is 0 Å². The molecule has 0 bridgehead atoms. The largest absolute Gasteiger partial charge is 0.490 e. The van der Waals surface area contributed by atoms with Gasteiger partial charge in [-0.25, -0.2) is 9.69 Å². The summed E-state index contributed by atoms with van der Waals surface area (Å²) < 4.78 is 11.5. The van der Waals surface area contributed by atoms with Gasteiger partial charge in [0.1, 0.15) is 11.3 Å². The molecule has 1 aromatic heterocycles. The van der Waals surface area contributed by atoms with E-state index in [4.69, 9.17) is 9.47 Å². The smallest absolute Gasteiger partial charge is 0.342 e. The lowest BCUT2D eigenvalue weighted by molar-refractivity contribution is -0.124. The van der Waals surface area contributed by atoms with Crippen LogP contribution in [-0.4, -0.2) is 35.5 Å². The molecule has 0 atom stereocenters. The number of hydrogen-bond donors (Lipinski definition) is 0. The van der Waals surface area contributed by atoms with Gasteiger partial charge in [0, 0.05) is 13.8 Å². The Hall–Kier alpha value is -2.96. The first-order valence-electron chi connectivity index (χ1n) is 10.4. The molecule has 2 aromatic rings. The van der Waals surface area contributed by atoms with Gasteiger partial charge in [0.2, 0.25) is 11.8 Å². The number of fused-ring (bicyclic) bond motifs is 1. The highest BCUT2D eigenvalue weighted by atomic mass is 16.5. The average molecular weight is 412 g/mol. The maximum absolute atomic E-state index is 12.8. The number of carbonyl (C=O) groups is 3. The first-order valence-corrected chi connectivity index (χ1v) is 10.4. The maximum atomic E-state index is 12.8. The molecule has 1 heterocycles. The number of imide groups is 1. The maximum Gasteiger partial charge on any atom is 0.342 e. The molecule has 1 aliphatic carbocycles. The molecular formula is C23H28N2O5. The predicted octanol–water partition coefficient (Wildman–Crippen LogP) is 4.33. The number of nitrogens with zero attached hydrogens (tertiary/aromatic N) is 2. The van der Waals surface area contributed by atoms with Crippen LogP contribution in [0.25, 0.3) is 10.9 Å². The van der Waals surface area contributed by atoms with Gasteiger partial charge in [-0.15, -0.1) is 0 Å². The Morgan fingerprint density at radius 3 is 2.37 bits per heavy atom. The van der Waals surface area contributed by atoms with Crippen LogP contribution < -0.4 is 9.64 Å². The van der Waals surface area contributed by atoms with Crippen LogP contribution in [-0.2, 0) is 14.3 Å². The van der Waals surface area contributed by atoms with Crippen LogP contribution in [0.4, 0.5) is 5.69 Å². The fourth-order valence-electron chi connectivity index (χ4n) is 4.05. The molecule has 0 aliphatic heterocycles. The summed E-state index contributed by atoms with van der Waals surface area (Å²) in [6, 6.07) is 5.41. The molecule has 2 amide bonds. The molecular weight excluding hydrogens is 384 g/mol. The molecule has 30 heavy (non-hydrogen) atoms. The standard InChI is InChI=1S/C23H28N2O5/c1-5-29-23(28)20-14(2)24-18-12-9-13-19(30-17-10-7-6-8-11-17)21(18)22(20)25(15(3)26)16(4)27/h9,12-13,17H,5-8,10-11H2,1-4H3. The number of aryl methyl sites for hydroxylation is 1. The summed E-state index contributed by atoms with van der Waals surface area (Å²) in [5.41, 5.74) is 1.23. The monoisotopic (exact) mass is 412 g/mol. The Morgan fingerprint density at radius 1 is 1.10 bits per heavy atom. The van der Waals surface area contributed by atoms with E-state index in [1.165, 1.54) is 20.3 Å². The Balaban J connectivity index is 2.31. The molecule has 1 aliphatic rings. The van der Waals surface area contributed by atoms with Crippen LogP contribution >= 0.6 is 0 Å². The van der Waals surface area contributed by atoms with Crippen molar-refractivity contribution >= 4 is 34.4 Å². The van der Waals surface area contributed by atoms with Crippen molar-refractivity contribution in [3.05, 3.63) is 29.5 Å². The summed E-state index contributed by atoms with van der Waals surface area (Å²) in [4.78, 5) is 43.3. The second kappa shape index (κ2) is 9.24. The fraction of sp³-hybridized carbons (Fsp3) is 0.478. The third kappa shape index (κ3) is 4.30. The normalized spacial score (nSPS) is 14.4. The van der Waals surface area contributed by atoms with Gasteiger partial charge in [0.05, 0.1) is 35.0 Å². The topological polar surface area (TPSA) is 85.8 Å². The van der Waals surface area contributed by atoms with Crippen LogP contribution in [0.5, 0.6) is 5.75 Å². The van der Waals surface area contributed by atoms with Crippen LogP contribution in [0.15, 0.2) is 18.2 Å². The highest BCUT2D eigenvalue weighted by Gasteiger charge is 2.31. The summed E-state index contributed by atoms with van der Waals surface area (Å²) in [5.74, 6) is -1.10. The summed E-state index contributed by atoms with van der Waals surface area (Å²) in [5, 5.41) is 0.474. The van der Waals surface area contributed by atoms with E-state index in [0.29, 0.717) is 22.3 Å². The van der Waals surface area contributed by atoms with Crippen LogP contribution in [0.2, 0.25) is 0 Å². The molecule has 0 saturated heterocycles. The van der Waals surface area contributed by atoms with Gasteiger partial charge >= 0.3 is 5.97 Å². The zero-order chi connectivity index (χ0) is 21.8. The lowest BCUT2D eigenvalue weighted by Gasteiger charge is -2.27. The van der Waals surface area contributed by atoms with Gasteiger partial charge in [-0.1, -0.05) is 12.5 Å². The minimum Gasteiger partial charge on any atom is -0.490 e. The molecule has 0 spiro atoms. The van der Waals surface area contributed by atoms with Crippen molar-refractivity contribution in [3.63, 3.8) is 0 Å². The number of esters is 1. The minimum atomic E-state index is -0.626. The first kappa shape index (κ1) is 21.7. The van der Waals surface area contributed by atoms with Crippen molar-refractivity contribution in [1.29, 1.82) is 0 Å². The molecule has 160 valence electrons. The molecule has 7 heteroatoms. The van der Waals surface area contributed by atoms with Crippen LogP contribution in [0.1, 0.15) is 68.9 Å². The van der Waals surface area contributed by atoms with E-state index >= 15 is 0 Å². The summed E-state index contributed by atoms with van der Waals surface area (Å²) in [7, 11) is 0. The molecule has 1 saturated carbocycles. The van der Waals surface area contributed by atoms with E-state index in [1.54, 1.807) is 26.0 Å². The molecule has 3 rings (SSSR count). The number of hydrogen-bond acceptors (Lipinski definition) is 6. The molecule has 1 aromatic carbocycles. The van der Waals surface area contributed by atoms with Crippen molar-refractivity contribution in [3.8, 4) is 5.75 Å². The number of pyridine rings is 1. The van der Waals surface area contributed by atoms with E-state index in [-0.39, 0.29) is 24.0 Å². The SMILES string of the molecule is CCOC(=O)c1c(C)nc2cccc(OC3CCCCC3)c2c1N(C(C)=O)C(C)=O. The van der Waals surface area contributed by atoms with Gasteiger partial charge in [-0.3, -0.25) is 14.6 Å². The second-order valence-electron chi connectivity index (χ2n) is 7.54. The van der Waals surface area contributed by atoms with E-state index in [1.807, 2.05) is 6.07 Å². The zero-order valence-electron chi connectivity index (χ0n) is 18.0. The molecule has 1 fully saturated rings. The highest BCUT2D eigenvalue weighted by Crippen LogP contribution is 2.39. The van der Waals surface area contributed by atoms with Crippen molar-refractivity contribution in [2.24, 2.45) is 0 Å². The second-order valence-corrected chi connectivity index (χ2v) is 7.54. The van der Waals surface area contributed by atoms with Crippen LogP contribution in [0, 0.1) is 6.92 Å². The summed E-state index contributed by atoms with van der Waals surface area (Å²) in [6.45, 7) is 6.12. The highest BCUT2D eigenvalue weighted by molar-refractivity contribution is 6.22. The summed E-state index contributed by atoms with van der Waals surface area (Å²) >= 11 is 0. The number of ether oxygens (including phenoxy) is 2. The Labute approximate surface area is 176 Å². The third-order valence-corrected chi connectivity index (χ3v) is 5.31. The number of carbonyl (C=O) groups excluding carboxylic acids is 3. The third-order valence-electron chi connectivity index (χ3n) is 5.31. The lowest BCUT2D eigenvalue weighted by atomic mass is 9.97. The predicted molar refractivity (Wildman–Crippen MR) is 114 cm³/mol. The van der Waals surface area contributed by atoms with E-state index < -0.39 is 17.8 Å². The Morgan fingerprint density at radius 2 is 1.77 bits per heavy atom. The lowest BCUT2D eigenvalue weighted by Crippen LogP contribution is -2.35. The van der Waals surface area contributed by atoms with Crippen molar-refractivity contribution in [1.82, 2.24) is 4.98 Å². The number of anilines is 1. The quantitative estimate of drug-likeness (QED) is 0.680. The van der Waals surface area contributed by atoms with E-state index in [2.05, 4.69) is 4.98 Å². The average Bonchev–Trinajstić information content (AvgIpc) is 2.68. The number of aromatic nitrogens is 1. The minimum absolute atomic E-state index is 0.0488. The van der Waals surface area contributed by atoms with Crippen molar-refractivity contribution in [2.45, 2.75) is 65.9 Å². The molecule has 0 N–H and O–H groups in total. The number of amides is 2. The zero-order valence-corrected chi connectivity index (χ0v) is 18.0. The number of rotatable bonds is 5. The van der Waals surface area contributed by atoms with Gasteiger partial charge in [0.25, 0.3) is 0 Å². The Bertz CT molecular complexity index is 965. The van der Waals surface area contributed by atoms with E-state index in [9.17, 15) is 14.4 Å². The molecule has 0 unspecified atom stereocenters. The van der Waals surface area contributed by atoms with Crippen molar-refractivity contribution in [2.75, 3.05) is 11.5 Å². The fourth-order valence-corrected chi connectivity index (χ4v) is 4.05. The Kier molecular flexibility index (Phi) is 6.70. The molecule has 0 radical (unpaired) electrons.